The quantitative estimate of drug-likeness (QED) is 0.199. The highest BCUT2D eigenvalue weighted by Gasteiger charge is 2.06. The molecule has 0 bridgehead atoms. The molecule has 0 aliphatic heterocycles. The van der Waals surface area contributed by atoms with Gasteiger partial charge < -0.3 is 5.32 Å². The van der Waals surface area contributed by atoms with Crippen LogP contribution in [0.5, 0.6) is 0 Å². The van der Waals surface area contributed by atoms with Crippen LogP contribution in [0.15, 0.2) is 0 Å². The van der Waals surface area contributed by atoms with Gasteiger partial charge in [0.05, 0.1) is 0 Å². The maximum absolute atomic E-state index is 12.0. The molecule has 0 aromatic rings. The van der Waals surface area contributed by atoms with Gasteiger partial charge in [0.2, 0.25) is 5.91 Å². The number of carbonyl (C=O) groups excluding carboxylic acids is 1. The summed E-state index contributed by atoms with van der Waals surface area (Å²) in [6.45, 7) is 6.68. The lowest BCUT2D eigenvalue weighted by molar-refractivity contribution is -0.121. The second kappa shape index (κ2) is 21.8. The predicted molar refractivity (Wildman–Crippen MR) is 121 cm³/mol. The minimum absolute atomic E-state index is 0.263. The molecule has 1 amide bonds. The Morgan fingerprint density at radius 1 is 0.593 bits per heavy atom. The van der Waals surface area contributed by atoms with Gasteiger partial charge >= 0.3 is 0 Å². The van der Waals surface area contributed by atoms with Gasteiger partial charge in [-0.15, -0.1) is 0 Å². The third-order valence-corrected chi connectivity index (χ3v) is 5.66. The van der Waals surface area contributed by atoms with Gasteiger partial charge in [0.25, 0.3) is 0 Å². The normalized spacial score (nSPS) is 12.3. The molecule has 0 heterocycles. The maximum Gasteiger partial charge on any atom is 0.220 e. The van der Waals surface area contributed by atoms with E-state index in [1.807, 2.05) is 0 Å². The molecule has 0 aliphatic carbocycles. The van der Waals surface area contributed by atoms with E-state index in [-0.39, 0.29) is 5.91 Å². The van der Waals surface area contributed by atoms with Crippen molar-refractivity contribution in [1.29, 1.82) is 0 Å². The van der Waals surface area contributed by atoms with E-state index in [1.165, 1.54) is 109 Å². The first-order valence-corrected chi connectivity index (χ1v) is 12.5. The number of carbonyl (C=O) groups is 1. The molecule has 0 saturated carbocycles. The van der Waals surface area contributed by atoms with E-state index in [0.717, 1.165) is 19.3 Å². The van der Waals surface area contributed by atoms with Gasteiger partial charge in [0.1, 0.15) is 0 Å². The van der Waals surface area contributed by atoms with E-state index in [2.05, 4.69) is 26.1 Å². The van der Waals surface area contributed by atoms with Crippen molar-refractivity contribution in [3.63, 3.8) is 0 Å². The van der Waals surface area contributed by atoms with Crippen LogP contribution in [0.1, 0.15) is 149 Å². The summed E-state index contributed by atoms with van der Waals surface area (Å²) in [5, 5.41) is 3.18. The second-order valence-electron chi connectivity index (χ2n) is 8.66. The zero-order valence-electron chi connectivity index (χ0n) is 19.1. The van der Waals surface area contributed by atoms with E-state index in [1.54, 1.807) is 0 Å². The summed E-state index contributed by atoms with van der Waals surface area (Å²) in [6.07, 6.45) is 26.0. The minimum Gasteiger partial charge on any atom is -0.354 e. The van der Waals surface area contributed by atoms with Crippen molar-refractivity contribution in [2.75, 3.05) is 0 Å². The van der Waals surface area contributed by atoms with E-state index in [4.69, 9.17) is 0 Å². The van der Waals surface area contributed by atoms with E-state index in [0.29, 0.717) is 6.04 Å². The molecule has 2 nitrogen and oxygen atoms in total. The standard InChI is InChI=1S/C25H51NO/c1-4-6-8-10-11-12-13-14-15-16-17-19-21-23-25(27)26-24(3)22-20-18-9-7-5-2/h24H,4-23H2,1-3H3,(H,26,27). The number of unbranched alkanes of at least 4 members (excludes halogenated alkanes) is 16. The van der Waals surface area contributed by atoms with Crippen molar-refractivity contribution in [3.05, 3.63) is 0 Å². The van der Waals surface area contributed by atoms with Crippen molar-refractivity contribution in [1.82, 2.24) is 5.32 Å². The first kappa shape index (κ1) is 26.5. The maximum atomic E-state index is 12.0. The van der Waals surface area contributed by atoms with Gasteiger partial charge in [0.15, 0.2) is 0 Å². The number of rotatable bonds is 21. The minimum atomic E-state index is 0.263. The van der Waals surface area contributed by atoms with E-state index in [9.17, 15) is 4.79 Å². The largest absolute Gasteiger partial charge is 0.354 e. The van der Waals surface area contributed by atoms with Gasteiger partial charge in [-0.2, -0.15) is 0 Å². The number of nitrogens with one attached hydrogen (secondary N) is 1. The lowest BCUT2D eigenvalue weighted by Gasteiger charge is -2.13. The molecule has 2 heteroatoms. The summed E-state index contributed by atoms with van der Waals surface area (Å²) in [6, 6.07) is 0.348. The van der Waals surface area contributed by atoms with E-state index < -0.39 is 0 Å². The molecule has 162 valence electrons. The van der Waals surface area contributed by atoms with E-state index >= 15 is 0 Å². The first-order valence-electron chi connectivity index (χ1n) is 12.5. The molecule has 1 unspecified atom stereocenters. The van der Waals surface area contributed by atoms with Crippen LogP contribution in [0, 0.1) is 0 Å². The lowest BCUT2D eigenvalue weighted by Crippen LogP contribution is -2.32. The Kier molecular flexibility index (Phi) is 21.3. The molecule has 0 saturated heterocycles. The summed E-state index contributed by atoms with van der Waals surface area (Å²) in [4.78, 5) is 12.0. The third kappa shape index (κ3) is 21.6. The second-order valence-corrected chi connectivity index (χ2v) is 8.66. The third-order valence-electron chi connectivity index (χ3n) is 5.66. The highest BCUT2D eigenvalue weighted by atomic mass is 16.1. The molecule has 0 radical (unpaired) electrons. The summed E-state index contributed by atoms with van der Waals surface area (Å²) in [5.41, 5.74) is 0. The van der Waals surface area contributed by atoms with Crippen molar-refractivity contribution >= 4 is 5.91 Å². The Hall–Kier alpha value is -0.530. The van der Waals surface area contributed by atoms with Crippen molar-refractivity contribution in [3.8, 4) is 0 Å². The fourth-order valence-corrected chi connectivity index (χ4v) is 3.78. The van der Waals surface area contributed by atoms with Crippen LogP contribution < -0.4 is 5.32 Å². The molecule has 0 spiro atoms. The van der Waals surface area contributed by atoms with Gasteiger partial charge in [-0.1, -0.05) is 123 Å². The average molecular weight is 382 g/mol. The Bertz CT molecular complexity index is 303. The smallest absolute Gasteiger partial charge is 0.220 e. The van der Waals surface area contributed by atoms with Crippen LogP contribution >= 0.6 is 0 Å². The summed E-state index contributed by atoms with van der Waals surface area (Å²) in [5.74, 6) is 0.263. The summed E-state index contributed by atoms with van der Waals surface area (Å²) in [7, 11) is 0. The van der Waals surface area contributed by atoms with Gasteiger partial charge in [-0.05, 0) is 19.8 Å². The zero-order chi connectivity index (χ0) is 20.0. The number of amides is 1. The molecule has 27 heavy (non-hydrogen) atoms. The number of hydrogen-bond acceptors (Lipinski definition) is 1. The van der Waals surface area contributed by atoms with Crippen molar-refractivity contribution in [2.24, 2.45) is 0 Å². The lowest BCUT2D eigenvalue weighted by atomic mass is 10.0. The fourth-order valence-electron chi connectivity index (χ4n) is 3.78. The molecular weight excluding hydrogens is 330 g/mol. The summed E-state index contributed by atoms with van der Waals surface area (Å²) >= 11 is 0. The molecule has 0 aromatic heterocycles. The van der Waals surface area contributed by atoms with Gasteiger partial charge in [-0.3, -0.25) is 4.79 Å². The molecular formula is C25H51NO. The van der Waals surface area contributed by atoms with Crippen LogP contribution in [-0.4, -0.2) is 11.9 Å². The Morgan fingerprint density at radius 3 is 1.41 bits per heavy atom. The van der Waals surface area contributed by atoms with Crippen molar-refractivity contribution < 1.29 is 4.79 Å². The zero-order valence-corrected chi connectivity index (χ0v) is 19.1. The van der Waals surface area contributed by atoms with Crippen LogP contribution in [0.3, 0.4) is 0 Å². The van der Waals surface area contributed by atoms with Gasteiger partial charge in [0, 0.05) is 12.5 Å². The molecule has 0 aromatic carbocycles. The molecule has 0 rings (SSSR count). The molecule has 0 aliphatic rings. The van der Waals surface area contributed by atoms with Crippen LogP contribution in [0.4, 0.5) is 0 Å². The highest BCUT2D eigenvalue weighted by Crippen LogP contribution is 2.13. The first-order chi connectivity index (χ1) is 13.2. The molecule has 0 fully saturated rings. The van der Waals surface area contributed by atoms with Gasteiger partial charge in [-0.25, -0.2) is 0 Å². The fraction of sp³-hybridized carbons (Fsp3) is 0.960. The van der Waals surface area contributed by atoms with Crippen LogP contribution in [0.2, 0.25) is 0 Å². The monoisotopic (exact) mass is 381 g/mol. The number of hydrogen-bond donors (Lipinski definition) is 1. The highest BCUT2D eigenvalue weighted by molar-refractivity contribution is 5.76. The Balaban J connectivity index is 3.26. The molecule has 1 N–H and O–H groups in total. The predicted octanol–water partition coefficient (Wildman–Crippen LogP) is 8.33. The molecule has 1 atom stereocenters. The average Bonchev–Trinajstić information content (AvgIpc) is 2.65. The topological polar surface area (TPSA) is 29.1 Å². The van der Waals surface area contributed by atoms with Crippen LogP contribution in [0.25, 0.3) is 0 Å². The Morgan fingerprint density at radius 2 is 0.963 bits per heavy atom. The SMILES string of the molecule is CCCCCCCCCCCCCCCC(=O)NC(C)CCCCCCC. The van der Waals surface area contributed by atoms with Crippen molar-refractivity contribution in [2.45, 2.75) is 155 Å². The summed E-state index contributed by atoms with van der Waals surface area (Å²) < 4.78 is 0. The Labute approximate surface area is 171 Å². The van der Waals surface area contributed by atoms with Crippen LogP contribution in [-0.2, 0) is 4.79 Å².